The van der Waals surface area contributed by atoms with Crippen LogP contribution in [0.4, 0.5) is 0 Å². The number of hydrogen-bond acceptors (Lipinski definition) is 2. The van der Waals surface area contributed by atoms with E-state index < -0.39 is 0 Å². The van der Waals surface area contributed by atoms with Gasteiger partial charge in [-0.3, -0.25) is 4.90 Å². The molecule has 3 unspecified atom stereocenters. The van der Waals surface area contributed by atoms with Gasteiger partial charge in [0.1, 0.15) is 0 Å². The van der Waals surface area contributed by atoms with E-state index in [1.807, 2.05) is 0 Å². The Morgan fingerprint density at radius 3 is 2.47 bits per heavy atom. The molecule has 4 atom stereocenters. The van der Waals surface area contributed by atoms with Crippen molar-refractivity contribution < 1.29 is 0 Å². The van der Waals surface area contributed by atoms with Crippen molar-refractivity contribution in [1.82, 2.24) is 4.90 Å². The lowest BCUT2D eigenvalue weighted by Crippen LogP contribution is -2.51. The molecular formula is C15H30N2. The molecule has 0 amide bonds. The van der Waals surface area contributed by atoms with Crippen LogP contribution in [0.5, 0.6) is 0 Å². The van der Waals surface area contributed by atoms with Gasteiger partial charge in [0, 0.05) is 17.6 Å². The van der Waals surface area contributed by atoms with E-state index in [1.165, 1.54) is 25.7 Å². The summed E-state index contributed by atoms with van der Waals surface area (Å²) in [4.78, 5) is 2.83. The largest absolute Gasteiger partial charge is 0.330 e. The third-order valence-electron chi connectivity index (χ3n) is 5.47. The van der Waals surface area contributed by atoms with Gasteiger partial charge < -0.3 is 5.73 Å². The minimum Gasteiger partial charge on any atom is -0.330 e. The third-order valence-corrected chi connectivity index (χ3v) is 5.47. The molecule has 17 heavy (non-hydrogen) atoms. The number of nitrogens with two attached hydrogens (primary N) is 1. The summed E-state index contributed by atoms with van der Waals surface area (Å²) in [5.41, 5.74) is 6.93. The Morgan fingerprint density at radius 1 is 1.35 bits per heavy atom. The van der Waals surface area contributed by atoms with E-state index in [1.54, 1.807) is 0 Å². The zero-order valence-electron chi connectivity index (χ0n) is 12.3. The van der Waals surface area contributed by atoms with Crippen molar-refractivity contribution in [3.05, 3.63) is 0 Å². The summed E-state index contributed by atoms with van der Waals surface area (Å²) < 4.78 is 0. The summed E-state index contributed by atoms with van der Waals surface area (Å²) in [6.07, 6.45) is 5.20. The maximum atomic E-state index is 6.05. The predicted octanol–water partition coefficient (Wildman–Crippen LogP) is 3.01. The van der Waals surface area contributed by atoms with Crippen LogP contribution in [0.2, 0.25) is 0 Å². The molecule has 1 aliphatic carbocycles. The highest BCUT2D eigenvalue weighted by Gasteiger charge is 2.68. The molecule has 1 aliphatic heterocycles. The molecule has 0 radical (unpaired) electrons. The van der Waals surface area contributed by atoms with Gasteiger partial charge in [-0.05, 0) is 51.0 Å². The maximum Gasteiger partial charge on any atom is 0.0168 e. The van der Waals surface area contributed by atoms with Gasteiger partial charge in [-0.15, -0.1) is 0 Å². The molecular weight excluding hydrogens is 208 g/mol. The van der Waals surface area contributed by atoms with E-state index in [4.69, 9.17) is 5.73 Å². The Hall–Kier alpha value is -0.0800. The zero-order valence-corrected chi connectivity index (χ0v) is 12.3. The standard InChI is InChI=1S/C15H30N2/c1-6-8-14(3,4)17-12(7-2)11(10-16)15(5)9-13(15)17/h11-13H,6-10,16H2,1-5H3/t11?,12-,13?,15?/m1/s1. The van der Waals surface area contributed by atoms with Gasteiger partial charge in [-0.2, -0.15) is 0 Å². The summed E-state index contributed by atoms with van der Waals surface area (Å²) in [5.74, 6) is 0.716. The number of nitrogens with zero attached hydrogens (tertiary/aromatic N) is 1. The highest BCUT2D eigenvalue weighted by molar-refractivity contribution is 5.21. The van der Waals surface area contributed by atoms with Crippen LogP contribution in [0, 0.1) is 11.3 Å². The molecule has 1 saturated carbocycles. The topological polar surface area (TPSA) is 29.3 Å². The molecule has 2 N–H and O–H groups in total. The lowest BCUT2D eigenvalue weighted by molar-refractivity contribution is 0.0559. The molecule has 0 aromatic rings. The first-order chi connectivity index (χ1) is 7.92. The molecule has 0 aromatic carbocycles. The highest BCUT2D eigenvalue weighted by Crippen LogP contribution is 2.64. The fraction of sp³-hybridized carbons (Fsp3) is 1.00. The van der Waals surface area contributed by atoms with Crippen LogP contribution in [0.3, 0.4) is 0 Å². The van der Waals surface area contributed by atoms with Gasteiger partial charge in [0.25, 0.3) is 0 Å². The Kier molecular flexibility index (Phi) is 3.33. The Labute approximate surface area is 107 Å². The molecule has 2 fully saturated rings. The SMILES string of the molecule is CCCC(C)(C)N1C2CC2(C)C(CN)[C@H]1CC. The first-order valence-corrected chi connectivity index (χ1v) is 7.41. The van der Waals surface area contributed by atoms with Crippen LogP contribution in [0.15, 0.2) is 0 Å². The molecule has 2 rings (SSSR count). The van der Waals surface area contributed by atoms with Gasteiger partial charge >= 0.3 is 0 Å². The van der Waals surface area contributed by atoms with Gasteiger partial charge in [0.2, 0.25) is 0 Å². The number of piperidine rings is 1. The zero-order chi connectivity index (χ0) is 12.8. The Bertz CT molecular complexity index is 287. The highest BCUT2D eigenvalue weighted by atomic mass is 15.3. The third kappa shape index (κ3) is 1.84. The normalized spacial score (nSPS) is 41.6. The predicted molar refractivity (Wildman–Crippen MR) is 74.0 cm³/mol. The van der Waals surface area contributed by atoms with Crippen LogP contribution in [0.1, 0.15) is 60.3 Å². The van der Waals surface area contributed by atoms with Crippen molar-refractivity contribution in [2.24, 2.45) is 17.1 Å². The van der Waals surface area contributed by atoms with Crippen LogP contribution in [-0.4, -0.2) is 29.1 Å². The van der Waals surface area contributed by atoms with E-state index in [2.05, 4.69) is 39.5 Å². The van der Waals surface area contributed by atoms with Crippen molar-refractivity contribution in [3.8, 4) is 0 Å². The molecule has 100 valence electrons. The van der Waals surface area contributed by atoms with Crippen LogP contribution >= 0.6 is 0 Å². The van der Waals surface area contributed by atoms with Crippen molar-refractivity contribution in [3.63, 3.8) is 0 Å². The average molecular weight is 238 g/mol. The summed E-state index contributed by atoms with van der Waals surface area (Å²) in [5, 5.41) is 0. The number of hydrogen-bond donors (Lipinski definition) is 1. The molecule has 0 bridgehead atoms. The van der Waals surface area contributed by atoms with E-state index >= 15 is 0 Å². The molecule has 0 aromatic heterocycles. The van der Waals surface area contributed by atoms with Gasteiger partial charge in [0.05, 0.1) is 0 Å². The van der Waals surface area contributed by atoms with E-state index in [-0.39, 0.29) is 0 Å². The van der Waals surface area contributed by atoms with Crippen LogP contribution in [0.25, 0.3) is 0 Å². The second kappa shape index (κ2) is 4.24. The Balaban J connectivity index is 2.23. The van der Waals surface area contributed by atoms with E-state index in [9.17, 15) is 0 Å². The second-order valence-corrected chi connectivity index (χ2v) is 7.01. The van der Waals surface area contributed by atoms with Crippen molar-refractivity contribution in [1.29, 1.82) is 0 Å². The lowest BCUT2D eigenvalue weighted by Gasteiger charge is -2.43. The van der Waals surface area contributed by atoms with Crippen molar-refractivity contribution in [2.75, 3.05) is 6.54 Å². The van der Waals surface area contributed by atoms with Crippen LogP contribution in [-0.2, 0) is 0 Å². The first-order valence-electron chi connectivity index (χ1n) is 7.41. The quantitative estimate of drug-likeness (QED) is 0.798. The molecule has 2 heteroatoms. The van der Waals surface area contributed by atoms with Gasteiger partial charge in [-0.1, -0.05) is 27.2 Å². The smallest absolute Gasteiger partial charge is 0.0168 e. The minimum atomic E-state index is 0.349. The van der Waals surface area contributed by atoms with Gasteiger partial charge in [0.15, 0.2) is 0 Å². The fourth-order valence-electron chi connectivity index (χ4n) is 4.56. The number of likely N-dealkylation sites (tertiary alicyclic amines) is 1. The van der Waals surface area contributed by atoms with Crippen LogP contribution < -0.4 is 5.73 Å². The molecule has 1 saturated heterocycles. The summed E-state index contributed by atoms with van der Waals surface area (Å²) in [6, 6.07) is 1.52. The van der Waals surface area contributed by atoms with Gasteiger partial charge in [-0.25, -0.2) is 0 Å². The maximum absolute atomic E-state index is 6.05. The Morgan fingerprint density at radius 2 is 2.00 bits per heavy atom. The molecule has 2 nitrogen and oxygen atoms in total. The van der Waals surface area contributed by atoms with Crippen molar-refractivity contribution in [2.45, 2.75) is 77.9 Å². The summed E-state index contributed by atoms with van der Waals surface area (Å²) >= 11 is 0. The summed E-state index contributed by atoms with van der Waals surface area (Å²) in [7, 11) is 0. The second-order valence-electron chi connectivity index (χ2n) is 7.01. The molecule has 0 spiro atoms. The average Bonchev–Trinajstić information content (AvgIpc) is 2.83. The summed E-state index contributed by atoms with van der Waals surface area (Å²) in [6.45, 7) is 12.8. The van der Waals surface area contributed by atoms with E-state index in [0.717, 1.165) is 12.6 Å². The molecule has 2 aliphatic rings. The monoisotopic (exact) mass is 238 g/mol. The first kappa shape index (κ1) is 13.4. The minimum absolute atomic E-state index is 0.349. The van der Waals surface area contributed by atoms with E-state index in [0.29, 0.717) is 22.9 Å². The fourth-order valence-corrected chi connectivity index (χ4v) is 4.56. The number of fused-ring (bicyclic) bond motifs is 1. The van der Waals surface area contributed by atoms with Crippen molar-refractivity contribution >= 4 is 0 Å². The lowest BCUT2D eigenvalue weighted by atomic mass is 9.84. The number of rotatable bonds is 5. The molecule has 1 heterocycles.